The summed E-state index contributed by atoms with van der Waals surface area (Å²) >= 11 is 13.3. The quantitative estimate of drug-likeness (QED) is 0.525. The van der Waals surface area contributed by atoms with Crippen LogP contribution in [0.15, 0.2) is 41.6 Å². The van der Waals surface area contributed by atoms with E-state index in [1.807, 2.05) is 31.2 Å². The van der Waals surface area contributed by atoms with E-state index in [1.54, 1.807) is 16.8 Å². The van der Waals surface area contributed by atoms with Crippen LogP contribution in [-0.4, -0.2) is 25.2 Å². The molecule has 0 radical (unpaired) electrons. The number of aryl methyl sites for hydroxylation is 1. The van der Waals surface area contributed by atoms with Crippen molar-refractivity contribution in [3.63, 3.8) is 0 Å². The third-order valence-electron chi connectivity index (χ3n) is 2.91. The summed E-state index contributed by atoms with van der Waals surface area (Å²) in [6, 6.07) is 11.6. The Kier molecular flexibility index (Phi) is 4.61. The van der Waals surface area contributed by atoms with Gasteiger partial charge in [-0.25, -0.2) is 4.98 Å². The second-order valence-corrected chi connectivity index (χ2v) is 6.34. The maximum Gasteiger partial charge on any atom is 0.214 e. The van der Waals surface area contributed by atoms with Crippen LogP contribution in [0.3, 0.4) is 0 Å². The molecule has 8 heteroatoms. The van der Waals surface area contributed by atoms with Crippen LogP contribution in [0, 0.1) is 6.92 Å². The van der Waals surface area contributed by atoms with Crippen molar-refractivity contribution in [2.75, 3.05) is 0 Å². The Morgan fingerprint density at radius 2 is 1.77 bits per heavy atom. The molecule has 0 saturated carbocycles. The average Bonchev–Trinajstić information content (AvgIpc) is 2.93. The lowest BCUT2D eigenvalue weighted by Gasteiger charge is -2.05. The molecular formula is C14H11Cl2N5S. The summed E-state index contributed by atoms with van der Waals surface area (Å²) in [6.45, 7) is 2.04. The van der Waals surface area contributed by atoms with E-state index in [0.29, 0.717) is 21.2 Å². The van der Waals surface area contributed by atoms with Gasteiger partial charge in [0.15, 0.2) is 0 Å². The van der Waals surface area contributed by atoms with Crippen LogP contribution >= 0.6 is 35.0 Å². The fourth-order valence-corrected chi connectivity index (χ4v) is 3.19. The van der Waals surface area contributed by atoms with Crippen molar-refractivity contribution in [2.45, 2.75) is 17.8 Å². The summed E-state index contributed by atoms with van der Waals surface area (Å²) in [6.07, 6.45) is 0. The third-order valence-corrected chi connectivity index (χ3v) is 4.29. The molecule has 3 aromatic rings. The van der Waals surface area contributed by atoms with E-state index in [4.69, 9.17) is 23.2 Å². The van der Waals surface area contributed by atoms with E-state index in [9.17, 15) is 0 Å². The summed E-state index contributed by atoms with van der Waals surface area (Å²) in [4.78, 5) is 3.93. The van der Waals surface area contributed by atoms with Gasteiger partial charge < -0.3 is 0 Å². The van der Waals surface area contributed by atoms with E-state index in [2.05, 4.69) is 20.5 Å². The van der Waals surface area contributed by atoms with Gasteiger partial charge >= 0.3 is 0 Å². The number of nitrogens with zero attached hydrogens (tertiary/aromatic N) is 5. The molecule has 0 atom stereocenters. The summed E-state index contributed by atoms with van der Waals surface area (Å²) in [5.74, 6) is 0.647. The molecule has 0 aliphatic carbocycles. The lowest BCUT2D eigenvalue weighted by atomic mass is 10.2. The fourth-order valence-electron chi connectivity index (χ4n) is 1.86. The van der Waals surface area contributed by atoms with Crippen molar-refractivity contribution >= 4 is 35.0 Å². The highest BCUT2D eigenvalue weighted by molar-refractivity contribution is 7.98. The SMILES string of the molecule is Cc1ccc(-n2nnnc2SCc2cc(Cl)nc(Cl)c2)cc1. The van der Waals surface area contributed by atoms with Gasteiger partial charge in [0.25, 0.3) is 0 Å². The zero-order chi connectivity index (χ0) is 15.5. The van der Waals surface area contributed by atoms with Crippen LogP contribution < -0.4 is 0 Å². The van der Waals surface area contributed by atoms with Crippen molar-refractivity contribution in [2.24, 2.45) is 0 Å². The highest BCUT2D eigenvalue weighted by Crippen LogP contribution is 2.25. The summed E-state index contributed by atoms with van der Waals surface area (Å²) in [5, 5.41) is 13.3. The van der Waals surface area contributed by atoms with Crippen molar-refractivity contribution in [3.8, 4) is 5.69 Å². The molecule has 0 saturated heterocycles. The molecule has 0 aliphatic rings. The maximum atomic E-state index is 5.90. The van der Waals surface area contributed by atoms with Crippen molar-refractivity contribution in [3.05, 3.63) is 57.8 Å². The van der Waals surface area contributed by atoms with Gasteiger partial charge in [-0.2, -0.15) is 4.68 Å². The molecular weight excluding hydrogens is 341 g/mol. The first-order chi connectivity index (χ1) is 10.6. The smallest absolute Gasteiger partial charge is 0.214 e. The number of hydrogen-bond acceptors (Lipinski definition) is 5. The Morgan fingerprint density at radius 3 is 2.45 bits per heavy atom. The van der Waals surface area contributed by atoms with Gasteiger partial charge in [0, 0.05) is 5.75 Å². The second kappa shape index (κ2) is 6.64. The van der Waals surface area contributed by atoms with Gasteiger partial charge in [0.05, 0.1) is 5.69 Å². The molecule has 22 heavy (non-hydrogen) atoms. The molecule has 3 rings (SSSR count). The lowest BCUT2D eigenvalue weighted by molar-refractivity contribution is 0.756. The molecule has 0 spiro atoms. The Hall–Kier alpha value is -1.63. The minimum atomic E-state index is 0.376. The van der Waals surface area contributed by atoms with Gasteiger partial charge in [0.1, 0.15) is 10.3 Å². The van der Waals surface area contributed by atoms with Crippen LogP contribution in [-0.2, 0) is 5.75 Å². The van der Waals surface area contributed by atoms with Crippen molar-refractivity contribution in [1.82, 2.24) is 25.2 Å². The third kappa shape index (κ3) is 3.58. The Balaban J connectivity index is 1.79. The number of thioether (sulfide) groups is 1. The van der Waals surface area contributed by atoms with Gasteiger partial charge in [-0.1, -0.05) is 52.7 Å². The van der Waals surface area contributed by atoms with E-state index < -0.39 is 0 Å². The van der Waals surface area contributed by atoms with Crippen LogP contribution in [0.25, 0.3) is 5.69 Å². The van der Waals surface area contributed by atoms with Gasteiger partial charge in [-0.15, -0.1) is 5.10 Å². The molecule has 0 fully saturated rings. The Labute approximate surface area is 141 Å². The molecule has 2 heterocycles. The molecule has 0 unspecified atom stereocenters. The number of benzene rings is 1. The normalized spacial score (nSPS) is 10.9. The van der Waals surface area contributed by atoms with Gasteiger partial charge in [-0.05, 0) is 47.2 Å². The number of hydrogen-bond donors (Lipinski definition) is 0. The van der Waals surface area contributed by atoms with Gasteiger partial charge in [-0.3, -0.25) is 0 Å². The highest BCUT2D eigenvalue weighted by atomic mass is 35.5. The molecule has 112 valence electrons. The van der Waals surface area contributed by atoms with Crippen molar-refractivity contribution < 1.29 is 0 Å². The average molecular weight is 352 g/mol. The van der Waals surface area contributed by atoms with E-state index in [1.165, 1.54) is 17.3 Å². The zero-order valence-electron chi connectivity index (χ0n) is 11.6. The molecule has 0 amide bonds. The van der Waals surface area contributed by atoms with Crippen LogP contribution in [0.1, 0.15) is 11.1 Å². The summed E-state index contributed by atoms with van der Waals surface area (Å²) in [5.41, 5.74) is 3.07. The highest BCUT2D eigenvalue weighted by Gasteiger charge is 2.10. The second-order valence-electron chi connectivity index (χ2n) is 4.62. The number of aromatic nitrogens is 5. The van der Waals surface area contributed by atoms with Crippen molar-refractivity contribution in [1.29, 1.82) is 0 Å². The molecule has 0 bridgehead atoms. The largest absolute Gasteiger partial charge is 0.224 e. The molecule has 2 aromatic heterocycles. The topological polar surface area (TPSA) is 56.5 Å². The maximum absolute atomic E-state index is 5.90. The Bertz CT molecular complexity index is 768. The summed E-state index contributed by atoms with van der Waals surface area (Å²) < 4.78 is 1.70. The number of pyridine rings is 1. The standard InChI is InChI=1S/C14H11Cl2N5S/c1-9-2-4-11(5-3-9)21-14(18-19-20-21)22-8-10-6-12(15)17-13(16)7-10/h2-7H,8H2,1H3. The van der Waals surface area contributed by atoms with Gasteiger partial charge in [0.2, 0.25) is 5.16 Å². The van der Waals surface area contributed by atoms with E-state index in [0.717, 1.165) is 11.3 Å². The number of halogens is 2. The first-order valence-corrected chi connectivity index (χ1v) is 8.16. The predicted octanol–water partition coefficient (Wildman–Crippen LogP) is 3.96. The fraction of sp³-hybridized carbons (Fsp3) is 0.143. The Morgan fingerprint density at radius 1 is 1.09 bits per heavy atom. The number of rotatable bonds is 4. The van der Waals surface area contributed by atoms with E-state index >= 15 is 0 Å². The molecule has 5 nitrogen and oxygen atoms in total. The minimum absolute atomic E-state index is 0.376. The first kappa shape index (κ1) is 15.3. The monoisotopic (exact) mass is 351 g/mol. The molecule has 0 N–H and O–H groups in total. The predicted molar refractivity (Wildman–Crippen MR) is 87.7 cm³/mol. The number of tetrazole rings is 1. The lowest BCUT2D eigenvalue weighted by Crippen LogP contribution is -1.99. The zero-order valence-corrected chi connectivity index (χ0v) is 13.9. The van der Waals surface area contributed by atoms with E-state index in [-0.39, 0.29) is 0 Å². The first-order valence-electron chi connectivity index (χ1n) is 6.42. The minimum Gasteiger partial charge on any atom is -0.224 e. The van der Waals surface area contributed by atoms with Crippen LogP contribution in [0.2, 0.25) is 10.3 Å². The molecule has 1 aromatic carbocycles. The summed E-state index contributed by atoms with van der Waals surface area (Å²) in [7, 11) is 0. The van der Waals surface area contributed by atoms with Crippen LogP contribution in [0.4, 0.5) is 0 Å². The van der Waals surface area contributed by atoms with Crippen LogP contribution in [0.5, 0.6) is 0 Å². The molecule has 0 aliphatic heterocycles.